The van der Waals surface area contributed by atoms with E-state index in [4.69, 9.17) is 5.73 Å². The average molecular weight is 242 g/mol. The SMILES string of the molecule is Cc1c(N)cccc1NCCCS(C)(=O)=O. The van der Waals surface area contributed by atoms with Gasteiger partial charge in [0.25, 0.3) is 0 Å². The molecule has 0 saturated heterocycles. The molecule has 0 spiro atoms. The lowest BCUT2D eigenvalue weighted by Gasteiger charge is -2.10. The van der Waals surface area contributed by atoms with Crippen LogP contribution in [0.5, 0.6) is 0 Å². The fourth-order valence-electron chi connectivity index (χ4n) is 1.40. The Hall–Kier alpha value is -1.23. The summed E-state index contributed by atoms with van der Waals surface area (Å²) < 4.78 is 21.8. The fourth-order valence-corrected chi connectivity index (χ4v) is 2.07. The summed E-state index contributed by atoms with van der Waals surface area (Å²) in [6.45, 7) is 2.57. The van der Waals surface area contributed by atoms with Crippen LogP contribution in [0, 0.1) is 6.92 Å². The fraction of sp³-hybridized carbons (Fsp3) is 0.455. The van der Waals surface area contributed by atoms with Crippen LogP contribution in [-0.2, 0) is 9.84 Å². The number of hydrogen-bond acceptors (Lipinski definition) is 4. The third-order valence-electron chi connectivity index (χ3n) is 2.38. The minimum Gasteiger partial charge on any atom is -0.398 e. The molecule has 0 aromatic heterocycles. The lowest BCUT2D eigenvalue weighted by Crippen LogP contribution is -2.10. The molecular weight excluding hydrogens is 224 g/mol. The molecule has 0 aliphatic heterocycles. The van der Waals surface area contributed by atoms with E-state index >= 15 is 0 Å². The molecule has 4 nitrogen and oxygen atoms in total. The van der Waals surface area contributed by atoms with Crippen LogP contribution >= 0.6 is 0 Å². The standard InChI is InChI=1S/C11H18N2O2S/c1-9-10(12)5-3-6-11(9)13-7-4-8-16(2,14)15/h3,5-6,13H,4,7-8,12H2,1-2H3. The molecule has 0 atom stereocenters. The van der Waals surface area contributed by atoms with Crippen LogP contribution in [0.2, 0.25) is 0 Å². The maximum atomic E-state index is 10.9. The first-order valence-corrected chi connectivity index (χ1v) is 7.23. The second-order valence-corrected chi connectivity index (χ2v) is 6.19. The number of anilines is 2. The molecule has 0 aliphatic rings. The molecule has 0 heterocycles. The highest BCUT2D eigenvalue weighted by Gasteiger charge is 2.03. The van der Waals surface area contributed by atoms with E-state index in [9.17, 15) is 8.42 Å². The van der Waals surface area contributed by atoms with Crippen LogP contribution in [0.3, 0.4) is 0 Å². The van der Waals surface area contributed by atoms with E-state index in [1.165, 1.54) is 6.26 Å². The summed E-state index contributed by atoms with van der Waals surface area (Å²) in [5, 5.41) is 3.18. The van der Waals surface area contributed by atoms with Gasteiger partial charge in [-0.3, -0.25) is 0 Å². The van der Waals surface area contributed by atoms with E-state index in [1.54, 1.807) is 0 Å². The molecular formula is C11H18N2O2S. The summed E-state index contributed by atoms with van der Waals surface area (Å²) in [7, 11) is -2.86. The smallest absolute Gasteiger partial charge is 0.147 e. The summed E-state index contributed by atoms with van der Waals surface area (Å²) in [6, 6.07) is 5.66. The summed E-state index contributed by atoms with van der Waals surface area (Å²) in [6.07, 6.45) is 1.85. The van der Waals surface area contributed by atoms with Crippen molar-refractivity contribution in [1.29, 1.82) is 0 Å². The Labute approximate surface area is 96.8 Å². The molecule has 1 aromatic rings. The molecule has 90 valence electrons. The molecule has 0 unspecified atom stereocenters. The highest BCUT2D eigenvalue weighted by Crippen LogP contribution is 2.20. The first-order valence-electron chi connectivity index (χ1n) is 5.17. The number of nitrogen functional groups attached to an aromatic ring is 1. The van der Waals surface area contributed by atoms with Crippen molar-refractivity contribution in [3.63, 3.8) is 0 Å². The third-order valence-corrected chi connectivity index (χ3v) is 3.41. The van der Waals surface area contributed by atoms with E-state index in [-0.39, 0.29) is 5.75 Å². The zero-order chi connectivity index (χ0) is 12.2. The molecule has 0 saturated carbocycles. The van der Waals surface area contributed by atoms with Gasteiger partial charge in [-0.2, -0.15) is 0 Å². The van der Waals surface area contributed by atoms with Crippen LogP contribution in [0.25, 0.3) is 0 Å². The van der Waals surface area contributed by atoms with Gasteiger partial charge in [0.05, 0.1) is 5.75 Å². The molecule has 5 heteroatoms. The third kappa shape index (κ3) is 4.10. The minimum absolute atomic E-state index is 0.210. The summed E-state index contributed by atoms with van der Waals surface area (Å²) in [5.74, 6) is 0.210. The molecule has 0 bridgehead atoms. The molecule has 0 amide bonds. The van der Waals surface area contributed by atoms with Gasteiger partial charge < -0.3 is 11.1 Å². The Bertz CT molecular complexity index is 455. The highest BCUT2D eigenvalue weighted by molar-refractivity contribution is 7.90. The summed E-state index contributed by atoms with van der Waals surface area (Å²) in [5.41, 5.74) is 8.47. The molecule has 0 radical (unpaired) electrons. The number of hydrogen-bond donors (Lipinski definition) is 2. The maximum absolute atomic E-state index is 10.9. The zero-order valence-corrected chi connectivity index (χ0v) is 10.5. The van der Waals surface area contributed by atoms with Crippen LogP contribution < -0.4 is 11.1 Å². The van der Waals surface area contributed by atoms with E-state index in [0.29, 0.717) is 13.0 Å². The lowest BCUT2D eigenvalue weighted by molar-refractivity contribution is 0.600. The quantitative estimate of drug-likeness (QED) is 0.605. The van der Waals surface area contributed by atoms with E-state index < -0.39 is 9.84 Å². The van der Waals surface area contributed by atoms with Gasteiger partial charge in [0.1, 0.15) is 9.84 Å². The molecule has 3 N–H and O–H groups in total. The summed E-state index contributed by atoms with van der Waals surface area (Å²) >= 11 is 0. The molecule has 1 aromatic carbocycles. The van der Waals surface area contributed by atoms with Crippen molar-refractivity contribution in [3.8, 4) is 0 Å². The van der Waals surface area contributed by atoms with Gasteiger partial charge in [-0.25, -0.2) is 8.42 Å². The normalized spacial score (nSPS) is 11.4. The van der Waals surface area contributed by atoms with Crippen molar-refractivity contribution in [2.45, 2.75) is 13.3 Å². The average Bonchev–Trinajstić information content (AvgIpc) is 2.17. The van der Waals surface area contributed by atoms with Crippen molar-refractivity contribution in [1.82, 2.24) is 0 Å². The predicted molar refractivity (Wildman–Crippen MR) is 68.4 cm³/mol. The van der Waals surface area contributed by atoms with Gasteiger partial charge in [-0.1, -0.05) is 6.07 Å². The van der Waals surface area contributed by atoms with E-state index in [0.717, 1.165) is 16.9 Å². The van der Waals surface area contributed by atoms with E-state index in [2.05, 4.69) is 5.32 Å². The van der Waals surface area contributed by atoms with Gasteiger partial charge in [0.15, 0.2) is 0 Å². The Balaban J connectivity index is 2.47. The second kappa shape index (κ2) is 5.21. The monoisotopic (exact) mass is 242 g/mol. The minimum atomic E-state index is -2.86. The van der Waals surface area contributed by atoms with Crippen molar-refractivity contribution in [2.24, 2.45) is 0 Å². The Morgan fingerprint density at radius 3 is 2.69 bits per heavy atom. The first kappa shape index (κ1) is 12.8. The number of nitrogens with one attached hydrogen (secondary N) is 1. The zero-order valence-electron chi connectivity index (χ0n) is 9.66. The van der Waals surface area contributed by atoms with Crippen LogP contribution in [0.15, 0.2) is 18.2 Å². The largest absolute Gasteiger partial charge is 0.398 e. The van der Waals surface area contributed by atoms with Gasteiger partial charge in [0.2, 0.25) is 0 Å². The highest BCUT2D eigenvalue weighted by atomic mass is 32.2. The van der Waals surface area contributed by atoms with Crippen molar-refractivity contribution >= 4 is 21.2 Å². The molecule has 0 aliphatic carbocycles. The number of benzene rings is 1. The maximum Gasteiger partial charge on any atom is 0.147 e. The van der Waals surface area contributed by atoms with Gasteiger partial charge >= 0.3 is 0 Å². The Kier molecular flexibility index (Phi) is 4.18. The molecule has 16 heavy (non-hydrogen) atoms. The van der Waals surface area contributed by atoms with Crippen molar-refractivity contribution < 1.29 is 8.42 Å². The van der Waals surface area contributed by atoms with Gasteiger partial charge in [0, 0.05) is 24.2 Å². The first-order chi connectivity index (χ1) is 7.40. The number of nitrogens with two attached hydrogens (primary N) is 1. The topological polar surface area (TPSA) is 72.2 Å². The van der Waals surface area contributed by atoms with E-state index in [1.807, 2.05) is 25.1 Å². The van der Waals surface area contributed by atoms with Gasteiger partial charge in [-0.15, -0.1) is 0 Å². The number of rotatable bonds is 5. The lowest BCUT2D eigenvalue weighted by atomic mass is 10.1. The number of sulfone groups is 1. The van der Waals surface area contributed by atoms with Crippen LogP contribution in [-0.4, -0.2) is 27.0 Å². The van der Waals surface area contributed by atoms with Crippen LogP contribution in [0.4, 0.5) is 11.4 Å². The predicted octanol–water partition coefficient (Wildman–Crippen LogP) is 1.42. The van der Waals surface area contributed by atoms with Gasteiger partial charge in [-0.05, 0) is 31.0 Å². The second-order valence-electron chi connectivity index (χ2n) is 3.93. The Morgan fingerprint density at radius 2 is 2.06 bits per heavy atom. The molecule has 1 rings (SSSR count). The Morgan fingerprint density at radius 1 is 1.38 bits per heavy atom. The summed E-state index contributed by atoms with van der Waals surface area (Å²) in [4.78, 5) is 0. The van der Waals surface area contributed by atoms with Crippen molar-refractivity contribution in [2.75, 3.05) is 29.6 Å². The van der Waals surface area contributed by atoms with Crippen LogP contribution in [0.1, 0.15) is 12.0 Å². The molecule has 0 fully saturated rings. The van der Waals surface area contributed by atoms with Crippen molar-refractivity contribution in [3.05, 3.63) is 23.8 Å².